The molecule has 0 aliphatic carbocycles. The highest BCUT2D eigenvalue weighted by molar-refractivity contribution is 5.83. The first-order chi connectivity index (χ1) is 10.1. The maximum atomic E-state index is 12.2. The Morgan fingerprint density at radius 2 is 1.90 bits per heavy atom. The van der Waals surface area contributed by atoms with Crippen molar-refractivity contribution in [2.45, 2.75) is 58.0 Å². The van der Waals surface area contributed by atoms with Crippen molar-refractivity contribution in [3.63, 3.8) is 0 Å². The lowest BCUT2D eigenvalue weighted by atomic mass is 9.92. The Morgan fingerprint density at radius 1 is 1.24 bits per heavy atom. The van der Waals surface area contributed by atoms with Gasteiger partial charge in [-0.25, -0.2) is 0 Å². The third-order valence-corrected chi connectivity index (χ3v) is 3.94. The van der Waals surface area contributed by atoms with Crippen molar-refractivity contribution in [1.29, 1.82) is 0 Å². The molecular weight excluding hydrogens is 262 g/mol. The first-order valence-electron chi connectivity index (χ1n) is 8.05. The van der Waals surface area contributed by atoms with Crippen molar-refractivity contribution in [3.05, 3.63) is 37.1 Å². The lowest BCUT2D eigenvalue weighted by molar-refractivity contribution is -0.125. The van der Waals surface area contributed by atoms with E-state index in [2.05, 4.69) is 32.0 Å². The molecule has 3 heteroatoms. The summed E-state index contributed by atoms with van der Waals surface area (Å²) in [6.45, 7) is 14.1. The molecule has 1 heterocycles. The minimum Gasteiger partial charge on any atom is -0.490 e. The molecule has 1 amide bonds. The fraction of sp³-hybridized carbons (Fsp3) is 0.611. The molecule has 0 bridgehead atoms. The van der Waals surface area contributed by atoms with E-state index >= 15 is 0 Å². The fourth-order valence-electron chi connectivity index (χ4n) is 2.69. The van der Waals surface area contributed by atoms with E-state index in [-0.39, 0.29) is 17.9 Å². The van der Waals surface area contributed by atoms with Gasteiger partial charge in [0, 0.05) is 12.1 Å². The summed E-state index contributed by atoms with van der Waals surface area (Å²) in [5.74, 6) is 0.229. The largest absolute Gasteiger partial charge is 0.490 e. The second kappa shape index (κ2) is 9.43. The van der Waals surface area contributed by atoms with Crippen LogP contribution >= 0.6 is 0 Å². The zero-order valence-electron chi connectivity index (χ0n) is 13.3. The van der Waals surface area contributed by atoms with E-state index in [4.69, 9.17) is 4.74 Å². The minimum absolute atomic E-state index is 0.0328. The van der Waals surface area contributed by atoms with Gasteiger partial charge in [-0.2, -0.15) is 0 Å². The van der Waals surface area contributed by atoms with Crippen LogP contribution in [0.2, 0.25) is 0 Å². The molecule has 1 aliphatic rings. The topological polar surface area (TPSA) is 38.3 Å². The molecule has 0 spiro atoms. The summed E-state index contributed by atoms with van der Waals surface area (Å²) in [5.41, 5.74) is 0.715. The Morgan fingerprint density at radius 3 is 2.57 bits per heavy atom. The van der Waals surface area contributed by atoms with E-state index in [0.717, 1.165) is 12.8 Å². The zero-order chi connectivity index (χ0) is 15.7. The van der Waals surface area contributed by atoms with Crippen LogP contribution in [0.1, 0.15) is 51.9 Å². The van der Waals surface area contributed by atoms with Crippen molar-refractivity contribution in [3.8, 4) is 0 Å². The highest BCUT2D eigenvalue weighted by Gasteiger charge is 2.39. The van der Waals surface area contributed by atoms with Gasteiger partial charge in [0.25, 0.3) is 0 Å². The van der Waals surface area contributed by atoms with Gasteiger partial charge in [-0.1, -0.05) is 58.3 Å². The van der Waals surface area contributed by atoms with E-state index in [1.165, 1.54) is 32.1 Å². The Balaban J connectivity index is 2.42. The molecule has 1 N–H and O–H groups in total. The molecule has 1 fully saturated rings. The second-order valence-electron chi connectivity index (χ2n) is 5.67. The molecule has 0 aromatic heterocycles. The molecule has 0 saturated carbocycles. The molecule has 0 aromatic carbocycles. The van der Waals surface area contributed by atoms with Crippen molar-refractivity contribution >= 4 is 5.91 Å². The van der Waals surface area contributed by atoms with Gasteiger partial charge in [0.15, 0.2) is 0 Å². The van der Waals surface area contributed by atoms with Crippen molar-refractivity contribution in [1.82, 2.24) is 5.32 Å². The number of carbonyl (C=O) groups is 1. The van der Waals surface area contributed by atoms with Crippen LogP contribution in [0.5, 0.6) is 0 Å². The van der Waals surface area contributed by atoms with E-state index in [1.54, 1.807) is 6.08 Å². The molecule has 3 nitrogen and oxygen atoms in total. The molecule has 0 aromatic rings. The fourth-order valence-corrected chi connectivity index (χ4v) is 2.69. The van der Waals surface area contributed by atoms with Crippen molar-refractivity contribution in [2.75, 3.05) is 6.54 Å². The number of ether oxygens (including phenoxy) is 1. The first-order valence-corrected chi connectivity index (χ1v) is 8.05. The number of amides is 1. The van der Waals surface area contributed by atoms with Gasteiger partial charge in [-0.15, -0.1) is 6.58 Å². The van der Waals surface area contributed by atoms with Crippen LogP contribution in [0.3, 0.4) is 0 Å². The van der Waals surface area contributed by atoms with E-state index in [0.29, 0.717) is 17.9 Å². The van der Waals surface area contributed by atoms with E-state index in [1.807, 2.05) is 0 Å². The van der Waals surface area contributed by atoms with Gasteiger partial charge < -0.3 is 10.1 Å². The van der Waals surface area contributed by atoms with Gasteiger partial charge in [-0.3, -0.25) is 4.79 Å². The van der Waals surface area contributed by atoms with Crippen LogP contribution in [0.4, 0.5) is 0 Å². The zero-order valence-corrected chi connectivity index (χ0v) is 13.3. The van der Waals surface area contributed by atoms with Crippen LogP contribution in [0.25, 0.3) is 0 Å². The number of hydrogen-bond acceptors (Lipinski definition) is 2. The maximum Gasteiger partial charge on any atom is 0.231 e. The Kier molecular flexibility index (Phi) is 7.88. The second-order valence-corrected chi connectivity index (χ2v) is 5.67. The van der Waals surface area contributed by atoms with Gasteiger partial charge >= 0.3 is 0 Å². The molecule has 1 aliphatic heterocycles. The summed E-state index contributed by atoms with van der Waals surface area (Å²) in [6.07, 6.45) is 9.85. The molecule has 1 unspecified atom stereocenters. The van der Waals surface area contributed by atoms with E-state index in [9.17, 15) is 4.79 Å². The number of rotatable bonds is 10. The predicted octanol–water partition coefficient (Wildman–Crippen LogP) is 4.12. The van der Waals surface area contributed by atoms with Gasteiger partial charge in [-0.05, 0) is 12.8 Å². The van der Waals surface area contributed by atoms with Gasteiger partial charge in [0.2, 0.25) is 5.91 Å². The van der Waals surface area contributed by atoms with Crippen LogP contribution < -0.4 is 5.32 Å². The third kappa shape index (κ3) is 5.41. The van der Waals surface area contributed by atoms with E-state index < -0.39 is 0 Å². The number of nitrogens with one attached hydrogen (secondary N) is 1. The van der Waals surface area contributed by atoms with Crippen LogP contribution in [-0.4, -0.2) is 18.6 Å². The lowest BCUT2D eigenvalue weighted by Crippen LogP contribution is -2.36. The predicted molar refractivity (Wildman–Crippen MR) is 87.8 cm³/mol. The summed E-state index contributed by atoms with van der Waals surface area (Å²) in [4.78, 5) is 12.2. The number of unbranched alkanes of at least 4 members (excludes halogenated alkanes) is 5. The first kappa shape index (κ1) is 17.5. The Hall–Kier alpha value is -1.51. The normalized spacial score (nSPS) is 21.2. The maximum absolute atomic E-state index is 12.2. The number of allylic oxidation sites excluding steroid dienone is 1. The average molecular weight is 291 g/mol. The molecule has 118 valence electrons. The van der Waals surface area contributed by atoms with Crippen LogP contribution in [-0.2, 0) is 9.53 Å². The Labute approximate surface area is 129 Å². The standard InChI is InChI=1S/C18H29NO2/c1-5-7-8-9-10-11-12-16-17(14(3)15(4)21-16)18(20)19-13-6-2/h6,16-17H,2-5,7-13H2,1H3,(H,19,20)/t16-,17?/m1/s1. The SMILES string of the molecule is C=CCNC(=O)C1C(=C)C(=C)O[C@@H]1CCCCCCCC. The van der Waals surface area contributed by atoms with Gasteiger partial charge in [0.1, 0.15) is 17.8 Å². The highest BCUT2D eigenvalue weighted by Crippen LogP contribution is 2.35. The summed E-state index contributed by atoms with van der Waals surface area (Å²) in [7, 11) is 0. The van der Waals surface area contributed by atoms with Crippen molar-refractivity contribution in [2.24, 2.45) is 5.92 Å². The lowest BCUT2D eigenvalue weighted by Gasteiger charge is -2.17. The van der Waals surface area contributed by atoms with Gasteiger partial charge in [0.05, 0.1) is 0 Å². The smallest absolute Gasteiger partial charge is 0.231 e. The Bertz CT molecular complexity index is 387. The quantitative estimate of drug-likeness (QED) is 0.485. The molecule has 0 radical (unpaired) electrons. The van der Waals surface area contributed by atoms with Crippen LogP contribution in [0, 0.1) is 5.92 Å². The van der Waals surface area contributed by atoms with Crippen molar-refractivity contribution < 1.29 is 9.53 Å². The summed E-state index contributed by atoms with van der Waals surface area (Å²) >= 11 is 0. The summed E-state index contributed by atoms with van der Waals surface area (Å²) in [5, 5.41) is 2.83. The minimum atomic E-state index is -0.298. The average Bonchev–Trinajstić information content (AvgIpc) is 2.75. The summed E-state index contributed by atoms with van der Waals surface area (Å²) in [6, 6.07) is 0. The molecule has 2 atom stereocenters. The molecular formula is C18H29NO2. The number of hydrogen-bond donors (Lipinski definition) is 1. The molecule has 1 saturated heterocycles. The highest BCUT2D eigenvalue weighted by atomic mass is 16.5. The molecule has 1 rings (SSSR count). The summed E-state index contributed by atoms with van der Waals surface area (Å²) < 4.78 is 5.73. The monoisotopic (exact) mass is 291 g/mol. The number of carbonyl (C=O) groups excluding carboxylic acids is 1. The van der Waals surface area contributed by atoms with Crippen LogP contribution in [0.15, 0.2) is 37.1 Å². The molecule has 21 heavy (non-hydrogen) atoms. The third-order valence-electron chi connectivity index (χ3n) is 3.94.